The lowest BCUT2D eigenvalue weighted by molar-refractivity contribution is -0.182. The Labute approximate surface area is 111 Å². The normalized spacial score (nSPS) is 16.9. The predicted molar refractivity (Wildman–Crippen MR) is 70.7 cm³/mol. The molecule has 1 aromatic heterocycles. The van der Waals surface area contributed by atoms with Gasteiger partial charge in [-0.1, -0.05) is 12.1 Å². The van der Waals surface area contributed by atoms with Gasteiger partial charge in [-0.25, -0.2) is 0 Å². The fourth-order valence-corrected chi connectivity index (χ4v) is 2.48. The van der Waals surface area contributed by atoms with Crippen LogP contribution in [0.3, 0.4) is 0 Å². The molecule has 98 valence electrons. The second-order valence-electron chi connectivity index (χ2n) is 4.97. The van der Waals surface area contributed by atoms with E-state index in [0.29, 0.717) is 19.6 Å². The second kappa shape index (κ2) is 4.63. The van der Waals surface area contributed by atoms with E-state index in [9.17, 15) is 4.79 Å². The molecule has 0 aliphatic carbocycles. The molecule has 19 heavy (non-hydrogen) atoms. The van der Waals surface area contributed by atoms with Crippen molar-refractivity contribution in [1.29, 1.82) is 0 Å². The molecule has 4 heteroatoms. The van der Waals surface area contributed by atoms with Gasteiger partial charge in [0.1, 0.15) is 5.41 Å². The summed E-state index contributed by atoms with van der Waals surface area (Å²) >= 11 is 0. The average molecular weight is 257 g/mol. The van der Waals surface area contributed by atoms with Crippen LogP contribution in [0.5, 0.6) is 0 Å². The van der Waals surface area contributed by atoms with Crippen molar-refractivity contribution in [3.05, 3.63) is 42.1 Å². The standard InChI is InChI=1S/C15H15NO3/c1-18-14(17)15(9-19-10-15)8-11-4-5-13-12(7-11)3-2-6-16-13/h2-7H,8-10H2,1H3. The highest BCUT2D eigenvalue weighted by atomic mass is 16.5. The summed E-state index contributed by atoms with van der Waals surface area (Å²) in [6, 6.07) is 10.0. The summed E-state index contributed by atoms with van der Waals surface area (Å²) in [5.74, 6) is -0.190. The van der Waals surface area contributed by atoms with E-state index in [1.54, 1.807) is 6.20 Å². The maximum Gasteiger partial charge on any atom is 0.316 e. The Bertz CT molecular complexity index is 620. The number of benzene rings is 1. The lowest BCUT2D eigenvalue weighted by Crippen LogP contribution is -2.51. The Hall–Kier alpha value is -1.94. The van der Waals surface area contributed by atoms with Gasteiger partial charge in [0, 0.05) is 11.6 Å². The number of carbonyl (C=O) groups is 1. The van der Waals surface area contributed by atoms with Gasteiger partial charge in [-0.05, 0) is 30.2 Å². The molecule has 2 aromatic rings. The largest absolute Gasteiger partial charge is 0.468 e. The minimum atomic E-state index is -0.509. The van der Waals surface area contributed by atoms with Crippen LogP contribution in [0.2, 0.25) is 0 Å². The third-order valence-corrected chi connectivity index (χ3v) is 3.59. The Kier molecular flexibility index (Phi) is 2.95. The van der Waals surface area contributed by atoms with Gasteiger partial charge in [0.05, 0.1) is 25.8 Å². The zero-order valence-corrected chi connectivity index (χ0v) is 10.8. The maximum absolute atomic E-state index is 11.9. The van der Waals surface area contributed by atoms with Crippen molar-refractivity contribution in [3.63, 3.8) is 0 Å². The van der Waals surface area contributed by atoms with Crippen LogP contribution in [0.4, 0.5) is 0 Å². The number of hydrogen-bond acceptors (Lipinski definition) is 4. The van der Waals surface area contributed by atoms with Crippen LogP contribution in [0.25, 0.3) is 10.9 Å². The van der Waals surface area contributed by atoms with Gasteiger partial charge >= 0.3 is 5.97 Å². The molecule has 1 aliphatic rings. The van der Waals surface area contributed by atoms with Gasteiger partial charge in [0.2, 0.25) is 0 Å². The summed E-state index contributed by atoms with van der Waals surface area (Å²) in [4.78, 5) is 16.2. The molecule has 0 radical (unpaired) electrons. The van der Waals surface area contributed by atoms with Crippen molar-refractivity contribution in [2.24, 2.45) is 5.41 Å². The summed E-state index contributed by atoms with van der Waals surface area (Å²) in [7, 11) is 1.42. The molecule has 0 atom stereocenters. The third-order valence-electron chi connectivity index (χ3n) is 3.59. The summed E-state index contributed by atoms with van der Waals surface area (Å²) < 4.78 is 10.1. The first-order valence-corrected chi connectivity index (χ1v) is 6.23. The molecule has 1 saturated heterocycles. The van der Waals surface area contributed by atoms with E-state index in [0.717, 1.165) is 16.5 Å². The highest BCUT2D eigenvalue weighted by Gasteiger charge is 2.47. The lowest BCUT2D eigenvalue weighted by atomic mass is 9.79. The van der Waals surface area contributed by atoms with E-state index in [1.165, 1.54) is 7.11 Å². The van der Waals surface area contributed by atoms with Crippen molar-refractivity contribution in [3.8, 4) is 0 Å². The molecule has 2 heterocycles. The number of carbonyl (C=O) groups excluding carboxylic acids is 1. The number of ether oxygens (including phenoxy) is 2. The van der Waals surface area contributed by atoms with Crippen molar-refractivity contribution >= 4 is 16.9 Å². The van der Waals surface area contributed by atoms with Crippen LogP contribution in [0.1, 0.15) is 5.56 Å². The van der Waals surface area contributed by atoms with E-state index in [2.05, 4.69) is 11.1 Å². The predicted octanol–water partition coefficient (Wildman–Crippen LogP) is 1.97. The first-order chi connectivity index (χ1) is 9.23. The number of methoxy groups -OCH3 is 1. The molecule has 1 aromatic carbocycles. The third kappa shape index (κ3) is 2.08. The SMILES string of the molecule is COC(=O)C1(Cc2ccc3ncccc3c2)COC1. The highest BCUT2D eigenvalue weighted by molar-refractivity contribution is 5.81. The van der Waals surface area contributed by atoms with Crippen molar-refractivity contribution in [1.82, 2.24) is 4.98 Å². The number of hydrogen-bond donors (Lipinski definition) is 0. The average Bonchev–Trinajstić information content (AvgIpc) is 2.42. The van der Waals surface area contributed by atoms with E-state index in [1.807, 2.05) is 24.3 Å². The number of nitrogens with zero attached hydrogens (tertiary/aromatic N) is 1. The number of aromatic nitrogens is 1. The fourth-order valence-electron chi connectivity index (χ4n) is 2.48. The van der Waals surface area contributed by atoms with Gasteiger partial charge in [0.15, 0.2) is 0 Å². The van der Waals surface area contributed by atoms with Crippen molar-refractivity contribution < 1.29 is 14.3 Å². The summed E-state index contributed by atoms with van der Waals surface area (Å²) in [5, 5.41) is 1.08. The van der Waals surface area contributed by atoms with Gasteiger partial charge < -0.3 is 9.47 Å². The van der Waals surface area contributed by atoms with Crippen LogP contribution in [0, 0.1) is 5.41 Å². The minimum absolute atomic E-state index is 0.190. The molecule has 0 spiro atoms. The Morgan fingerprint density at radius 2 is 2.26 bits per heavy atom. The summed E-state index contributed by atoms with van der Waals surface area (Å²) in [6.45, 7) is 0.871. The number of rotatable bonds is 3. The molecule has 0 amide bonds. The molecule has 1 aliphatic heterocycles. The summed E-state index contributed by atoms with van der Waals surface area (Å²) in [6.07, 6.45) is 2.42. The van der Waals surface area contributed by atoms with E-state index < -0.39 is 5.41 Å². The van der Waals surface area contributed by atoms with E-state index in [-0.39, 0.29) is 5.97 Å². The van der Waals surface area contributed by atoms with Crippen LogP contribution < -0.4 is 0 Å². The highest BCUT2D eigenvalue weighted by Crippen LogP contribution is 2.33. The first-order valence-electron chi connectivity index (χ1n) is 6.23. The molecular formula is C15H15NO3. The Morgan fingerprint density at radius 1 is 1.42 bits per heavy atom. The molecule has 0 saturated carbocycles. The fraction of sp³-hybridized carbons (Fsp3) is 0.333. The van der Waals surface area contributed by atoms with Crippen LogP contribution in [-0.2, 0) is 20.7 Å². The molecule has 0 bridgehead atoms. The minimum Gasteiger partial charge on any atom is -0.468 e. The monoisotopic (exact) mass is 257 g/mol. The van der Waals surface area contributed by atoms with Gasteiger partial charge in [-0.3, -0.25) is 9.78 Å². The lowest BCUT2D eigenvalue weighted by Gasteiger charge is -2.38. The first kappa shape index (κ1) is 12.1. The molecule has 3 rings (SSSR count). The van der Waals surface area contributed by atoms with Gasteiger partial charge in [-0.2, -0.15) is 0 Å². The van der Waals surface area contributed by atoms with Crippen LogP contribution in [-0.4, -0.2) is 31.3 Å². The topological polar surface area (TPSA) is 48.4 Å². The molecule has 4 nitrogen and oxygen atoms in total. The van der Waals surface area contributed by atoms with Gasteiger partial charge in [0.25, 0.3) is 0 Å². The number of fused-ring (bicyclic) bond motifs is 1. The quantitative estimate of drug-likeness (QED) is 0.789. The van der Waals surface area contributed by atoms with E-state index >= 15 is 0 Å². The zero-order valence-electron chi connectivity index (χ0n) is 10.8. The smallest absolute Gasteiger partial charge is 0.316 e. The summed E-state index contributed by atoms with van der Waals surface area (Å²) in [5.41, 5.74) is 1.56. The second-order valence-corrected chi connectivity index (χ2v) is 4.97. The molecular weight excluding hydrogens is 242 g/mol. The molecule has 0 N–H and O–H groups in total. The van der Waals surface area contributed by atoms with Crippen LogP contribution in [0.15, 0.2) is 36.5 Å². The van der Waals surface area contributed by atoms with Gasteiger partial charge in [-0.15, -0.1) is 0 Å². The molecule has 1 fully saturated rings. The maximum atomic E-state index is 11.9. The van der Waals surface area contributed by atoms with Crippen molar-refractivity contribution in [2.75, 3.05) is 20.3 Å². The number of pyridine rings is 1. The van der Waals surface area contributed by atoms with Crippen LogP contribution >= 0.6 is 0 Å². The Morgan fingerprint density at radius 3 is 2.95 bits per heavy atom. The zero-order chi connectivity index (χ0) is 13.3. The Balaban J connectivity index is 1.90. The molecule has 0 unspecified atom stereocenters. The van der Waals surface area contributed by atoms with Crippen molar-refractivity contribution in [2.45, 2.75) is 6.42 Å². The van der Waals surface area contributed by atoms with E-state index in [4.69, 9.17) is 9.47 Å². The number of esters is 1.